The maximum atomic E-state index is 12.6. The summed E-state index contributed by atoms with van der Waals surface area (Å²) in [5, 5.41) is 12.1. The highest BCUT2D eigenvalue weighted by Crippen LogP contribution is 2.22. The van der Waals surface area contributed by atoms with E-state index in [9.17, 15) is 4.79 Å². The fourth-order valence-electron chi connectivity index (χ4n) is 3.20. The van der Waals surface area contributed by atoms with Gasteiger partial charge in [-0.3, -0.25) is 10.3 Å². The molecule has 0 radical (unpaired) electrons. The largest absolute Gasteiger partial charge is 0.324 e. The van der Waals surface area contributed by atoms with Crippen molar-refractivity contribution in [3.8, 4) is 5.69 Å². The van der Waals surface area contributed by atoms with Gasteiger partial charge in [0.25, 0.3) is 0 Å². The van der Waals surface area contributed by atoms with Crippen molar-refractivity contribution >= 4 is 40.0 Å². The molecule has 30 heavy (non-hydrogen) atoms. The Hall–Kier alpha value is -3.38. The third-order valence-corrected chi connectivity index (χ3v) is 4.97. The molecule has 0 aliphatic carbocycles. The molecule has 0 atom stereocenters. The van der Waals surface area contributed by atoms with Crippen molar-refractivity contribution in [2.24, 2.45) is 0 Å². The molecule has 6 nitrogen and oxygen atoms in total. The molecule has 2 aromatic carbocycles. The molecule has 4 aromatic rings. The summed E-state index contributed by atoms with van der Waals surface area (Å²) in [5.74, 6) is 0.607. The Labute approximate surface area is 179 Å². The van der Waals surface area contributed by atoms with Gasteiger partial charge >= 0.3 is 6.03 Å². The minimum absolute atomic E-state index is 0.344. The second-order valence-electron chi connectivity index (χ2n) is 7.00. The van der Waals surface area contributed by atoms with Gasteiger partial charge < -0.3 is 5.32 Å². The highest BCUT2D eigenvalue weighted by atomic mass is 35.5. The number of hydrogen-bond donors (Lipinski definition) is 2. The Morgan fingerprint density at radius 3 is 2.70 bits per heavy atom. The Balaban J connectivity index is 1.62. The molecule has 7 heteroatoms. The molecule has 2 heterocycles. The Bertz CT molecular complexity index is 1170. The average Bonchev–Trinajstić information content (AvgIpc) is 3.16. The number of halogens is 1. The Morgan fingerprint density at radius 2 is 1.90 bits per heavy atom. The fourth-order valence-corrected chi connectivity index (χ4v) is 3.33. The van der Waals surface area contributed by atoms with Crippen molar-refractivity contribution in [3.05, 3.63) is 77.6 Å². The van der Waals surface area contributed by atoms with Crippen molar-refractivity contribution in [1.82, 2.24) is 14.8 Å². The van der Waals surface area contributed by atoms with E-state index >= 15 is 0 Å². The Kier molecular flexibility index (Phi) is 5.95. The molecule has 0 aliphatic heterocycles. The van der Waals surface area contributed by atoms with Gasteiger partial charge in [-0.05, 0) is 61.4 Å². The molecular weight excluding hydrogens is 398 g/mol. The first kappa shape index (κ1) is 19.9. The van der Waals surface area contributed by atoms with Crippen LogP contribution in [0.2, 0.25) is 5.02 Å². The van der Waals surface area contributed by atoms with Gasteiger partial charge in [-0.1, -0.05) is 31.0 Å². The molecule has 2 amide bonds. The van der Waals surface area contributed by atoms with Crippen LogP contribution in [0.25, 0.3) is 16.6 Å². The molecule has 4 rings (SSSR count). The number of pyridine rings is 1. The van der Waals surface area contributed by atoms with Crippen molar-refractivity contribution in [2.75, 3.05) is 10.6 Å². The number of carbonyl (C=O) groups is 1. The molecule has 0 fully saturated rings. The van der Waals surface area contributed by atoms with Gasteiger partial charge in [0.1, 0.15) is 5.82 Å². The lowest BCUT2D eigenvalue weighted by Crippen LogP contribution is -2.21. The number of nitrogens with one attached hydrogen (secondary N) is 2. The van der Waals surface area contributed by atoms with Gasteiger partial charge in [-0.25, -0.2) is 9.48 Å². The van der Waals surface area contributed by atoms with E-state index in [-0.39, 0.29) is 6.03 Å². The van der Waals surface area contributed by atoms with Crippen LogP contribution >= 0.6 is 11.6 Å². The molecule has 0 spiro atoms. The summed E-state index contributed by atoms with van der Waals surface area (Å²) in [6, 6.07) is 18.4. The summed E-state index contributed by atoms with van der Waals surface area (Å²) in [6.45, 7) is 2.14. The number of aromatic nitrogens is 3. The van der Waals surface area contributed by atoms with E-state index < -0.39 is 0 Å². The number of anilines is 2. The topological polar surface area (TPSA) is 71.8 Å². The van der Waals surface area contributed by atoms with E-state index in [0.29, 0.717) is 16.5 Å². The predicted octanol–water partition coefficient (Wildman–Crippen LogP) is 6.06. The molecule has 2 aromatic heterocycles. The van der Waals surface area contributed by atoms with Crippen LogP contribution in [0.1, 0.15) is 25.5 Å². The quantitative estimate of drug-likeness (QED) is 0.399. The zero-order valence-corrected chi connectivity index (χ0v) is 17.4. The maximum absolute atomic E-state index is 12.6. The molecule has 152 valence electrons. The highest BCUT2D eigenvalue weighted by Gasteiger charge is 2.13. The van der Waals surface area contributed by atoms with Gasteiger partial charge in [-0.2, -0.15) is 5.10 Å². The number of unbranched alkanes of at least 4 members (excludes halogenated alkanes) is 1. The number of rotatable bonds is 6. The average molecular weight is 420 g/mol. The summed E-state index contributed by atoms with van der Waals surface area (Å²) in [7, 11) is 0. The number of benzene rings is 2. The first-order valence-electron chi connectivity index (χ1n) is 9.90. The Morgan fingerprint density at radius 1 is 1.07 bits per heavy atom. The molecule has 0 bridgehead atoms. The fraction of sp³-hybridized carbons (Fsp3) is 0.174. The van der Waals surface area contributed by atoms with Gasteiger partial charge in [0.05, 0.1) is 16.9 Å². The van der Waals surface area contributed by atoms with Crippen LogP contribution < -0.4 is 10.6 Å². The summed E-state index contributed by atoms with van der Waals surface area (Å²) >= 11 is 5.91. The van der Waals surface area contributed by atoms with Crippen LogP contribution in [0.5, 0.6) is 0 Å². The zero-order valence-electron chi connectivity index (χ0n) is 16.6. The van der Waals surface area contributed by atoms with Crippen molar-refractivity contribution in [3.63, 3.8) is 0 Å². The van der Waals surface area contributed by atoms with Crippen LogP contribution in [0.4, 0.5) is 16.3 Å². The predicted molar refractivity (Wildman–Crippen MR) is 122 cm³/mol. The third-order valence-electron chi connectivity index (χ3n) is 4.72. The molecule has 0 saturated carbocycles. The highest BCUT2D eigenvalue weighted by molar-refractivity contribution is 6.30. The molecular formula is C23H22ClN5O. The van der Waals surface area contributed by atoms with Gasteiger partial charge in [0.15, 0.2) is 0 Å². The minimum atomic E-state index is -0.344. The van der Waals surface area contributed by atoms with Crippen LogP contribution in [-0.4, -0.2) is 20.8 Å². The van der Waals surface area contributed by atoms with Crippen molar-refractivity contribution < 1.29 is 4.79 Å². The number of urea groups is 1. The van der Waals surface area contributed by atoms with Gasteiger partial charge in [0.2, 0.25) is 0 Å². The smallest absolute Gasteiger partial charge is 0.308 e. The van der Waals surface area contributed by atoms with Gasteiger partial charge in [-0.15, -0.1) is 0 Å². The molecule has 0 saturated heterocycles. The second kappa shape index (κ2) is 8.97. The number of aryl methyl sites for hydroxylation is 1. The van der Waals surface area contributed by atoms with E-state index in [4.69, 9.17) is 16.7 Å². The molecule has 0 aliphatic rings. The summed E-state index contributed by atoms with van der Waals surface area (Å²) in [4.78, 5) is 16.9. The zero-order chi connectivity index (χ0) is 20.9. The number of hydrogen-bond acceptors (Lipinski definition) is 3. The summed E-state index contributed by atoms with van der Waals surface area (Å²) < 4.78 is 1.76. The number of carbonyl (C=O) groups excluding carboxylic acids is 1. The first-order chi connectivity index (χ1) is 14.6. The van der Waals surface area contributed by atoms with Crippen molar-refractivity contribution in [2.45, 2.75) is 26.2 Å². The van der Waals surface area contributed by atoms with Crippen LogP contribution in [-0.2, 0) is 6.42 Å². The van der Waals surface area contributed by atoms with Crippen LogP contribution in [0.3, 0.4) is 0 Å². The number of nitrogens with zero attached hydrogens (tertiary/aromatic N) is 3. The lowest BCUT2D eigenvalue weighted by Gasteiger charge is -2.11. The van der Waals surface area contributed by atoms with E-state index in [2.05, 4.69) is 22.5 Å². The SMILES string of the molecule is CCCCc1cc(NC(=O)Nc2ccc(Cl)cc2)n(-c2ccc3ncccc3c2)n1. The minimum Gasteiger partial charge on any atom is -0.308 e. The summed E-state index contributed by atoms with van der Waals surface area (Å²) in [6.07, 6.45) is 4.74. The second-order valence-corrected chi connectivity index (χ2v) is 7.44. The lowest BCUT2D eigenvalue weighted by molar-refractivity contribution is 0.262. The first-order valence-corrected chi connectivity index (χ1v) is 10.3. The number of fused-ring (bicyclic) bond motifs is 1. The van der Waals surface area contributed by atoms with Crippen molar-refractivity contribution in [1.29, 1.82) is 0 Å². The van der Waals surface area contributed by atoms with E-state index in [0.717, 1.165) is 41.5 Å². The lowest BCUT2D eigenvalue weighted by atomic mass is 10.2. The number of amides is 2. The molecule has 0 unspecified atom stereocenters. The maximum Gasteiger partial charge on any atom is 0.324 e. The van der Waals surface area contributed by atoms with Gasteiger partial charge in [0, 0.05) is 28.4 Å². The normalized spacial score (nSPS) is 10.9. The van der Waals surface area contributed by atoms with Crippen LogP contribution in [0, 0.1) is 0 Å². The van der Waals surface area contributed by atoms with E-state index in [1.165, 1.54) is 0 Å². The summed E-state index contributed by atoms with van der Waals surface area (Å²) in [5.41, 5.74) is 3.37. The third kappa shape index (κ3) is 4.60. The standard InChI is InChI=1S/C23H22ClN5O/c1-2-3-6-19-15-22(27-23(30)26-18-9-7-17(24)8-10-18)29(28-19)20-11-12-21-16(14-20)5-4-13-25-21/h4-5,7-15H,2-3,6H2,1H3,(H2,26,27,30). The monoisotopic (exact) mass is 419 g/mol. The van der Waals surface area contributed by atoms with Crippen LogP contribution in [0.15, 0.2) is 66.9 Å². The van der Waals surface area contributed by atoms with E-state index in [1.54, 1.807) is 35.1 Å². The van der Waals surface area contributed by atoms with E-state index in [1.807, 2.05) is 36.4 Å². The molecule has 2 N–H and O–H groups in total.